The van der Waals surface area contributed by atoms with Gasteiger partial charge in [-0.3, -0.25) is 0 Å². The highest BCUT2D eigenvalue weighted by molar-refractivity contribution is 5.10. The summed E-state index contributed by atoms with van der Waals surface area (Å²) in [5.41, 5.74) is 1.86. The summed E-state index contributed by atoms with van der Waals surface area (Å²) in [6.45, 7) is 12.5. The fraction of sp³-hybridized carbons (Fsp3) is 0.833. The van der Waals surface area contributed by atoms with Crippen LogP contribution in [0.4, 0.5) is 0 Å². The van der Waals surface area contributed by atoms with Crippen molar-refractivity contribution in [2.75, 3.05) is 6.54 Å². The largest absolute Gasteiger partial charge is 0.372 e. The molecular weight excluding hydrogens is 158 g/mol. The number of hydrogen-bond donors (Lipinski definition) is 0. The van der Waals surface area contributed by atoms with E-state index >= 15 is 0 Å². The average molecular weight is 179 g/mol. The van der Waals surface area contributed by atoms with Crippen molar-refractivity contribution in [3.8, 4) is 0 Å². The maximum absolute atomic E-state index is 4.14. The van der Waals surface area contributed by atoms with E-state index in [1.807, 2.05) is 0 Å². The van der Waals surface area contributed by atoms with Gasteiger partial charge in [0, 0.05) is 18.3 Å². The minimum atomic E-state index is 0.476. The maximum atomic E-state index is 4.14. The van der Waals surface area contributed by atoms with E-state index in [9.17, 15) is 0 Å². The summed E-state index contributed by atoms with van der Waals surface area (Å²) in [6.07, 6.45) is 3.95. The molecule has 0 aliphatic carbocycles. The van der Waals surface area contributed by atoms with Crippen molar-refractivity contribution in [3.05, 3.63) is 12.3 Å². The van der Waals surface area contributed by atoms with Crippen LogP contribution in [0, 0.1) is 11.3 Å². The monoisotopic (exact) mass is 179 g/mol. The predicted octanol–water partition coefficient (Wildman–Crippen LogP) is 3.03. The third kappa shape index (κ3) is 1.38. The summed E-state index contributed by atoms with van der Waals surface area (Å²) in [7, 11) is 0. The molecule has 0 bridgehead atoms. The van der Waals surface area contributed by atoms with Gasteiger partial charge in [0.05, 0.1) is 0 Å². The van der Waals surface area contributed by atoms with E-state index in [0.717, 1.165) is 12.0 Å². The minimum Gasteiger partial charge on any atom is -0.372 e. The van der Waals surface area contributed by atoms with Crippen molar-refractivity contribution in [3.63, 3.8) is 0 Å². The molecule has 0 radical (unpaired) electrons. The standard InChI is InChI=1S/C12H21N/c1-9-5-6-11-10(12(2,3)4)7-8-13(9)11/h10-11H,1,5-8H2,2-4H3. The Morgan fingerprint density at radius 2 is 2.00 bits per heavy atom. The quantitative estimate of drug-likeness (QED) is 0.552. The SMILES string of the molecule is C=C1CCC2C(C(C)(C)C)CCN12. The van der Waals surface area contributed by atoms with Crippen molar-refractivity contribution in [2.24, 2.45) is 11.3 Å². The minimum absolute atomic E-state index is 0.476. The molecule has 2 heterocycles. The lowest BCUT2D eigenvalue weighted by Gasteiger charge is -2.32. The van der Waals surface area contributed by atoms with Gasteiger partial charge < -0.3 is 4.90 Å². The van der Waals surface area contributed by atoms with E-state index in [1.54, 1.807) is 0 Å². The molecule has 2 rings (SSSR count). The molecule has 0 spiro atoms. The molecule has 0 aromatic carbocycles. The summed E-state index contributed by atoms with van der Waals surface area (Å²) >= 11 is 0. The molecule has 0 aromatic heterocycles. The second-order valence-corrected chi connectivity index (χ2v) is 5.63. The van der Waals surface area contributed by atoms with E-state index in [4.69, 9.17) is 0 Å². The Kier molecular flexibility index (Phi) is 1.94. The van der Waals surface area contributed by atoms with E-state index in [1.165, 1.54) is 31.5 Å². The second kappa shape index (κ2) is 2.76. The first-order valence-electron chi connectivity index (χ1n) is 5.44. The van der Waals surface area contributed by atoms with Crippen LogP contribution in [0.2, 0.25) is 0 Å². The van der Waals surface area contributed by atoms with Crippen molar-refractivity contribution in [1.82, 2.24) is 4.90 Å². The van der Waals surface area contributed by atoms with Crippen molar-refractivity contribution in [2.45, 2.75) is 46.1 Å². The Balaban J connectivity index is 2.15. The molecular formula is C12H21N. The fourth-order valence-electron chi connectivity index (χ4n) is 3.07. The van der Waals surface area contributed by atoms with Gasteiger partial charge in [0.1, 0.15) is 0 Å². The number of nitrogens with zero attached hydrogens (tertiary/aromatic N) is 1. The normalized spacial score (nSPS) is 34.1. The van der Waals surface area contributed by atoms with Gasteiger partial charge in [-0.25, -0.2) is 0 Å². The van der Waals surface area contributed by atoms with Gasteiger partial charge in [-0.2, -0.15) is 0 Å². The molecule has 2 aliphatic heterocycles. The van der Waals surface area contributed by atoms with Crippen LogP contribution >= 0.6 is 0 Å². The van der Waals surface area contributed by atoms with Crippen LogP contribution in [0.5, 0.6) is 0 Å². The molecule has 2 aliphatic rings. The van der Waals surface area contributed by atoms with Crippen LogP contribution in [0.3, 0.4) is 0 Å². The van der Waals surface area contributed by atoms with Gasteiger partial charge in [0.2, 0.25) is 0 Å². The molecule has 74 valence electrons. The highest BCUT2D eigenvalue weighted by Crippen LogP contribution is 2.45. The Labute approximate surface area is 81.8 Å². The molecule has 13 heavy (non-hydrogen) atoms. The lowest BCUT2D eigenvalue weighted by molar-refractivity contribution is 0.189. The Morgan fingerprint density at radius 3 is 2.62 bits per heavy atom. The van der Waals surface area contributed by atoms with Gasteiger partial charge in [-0.15, -0.1) is 0 Å². The van der Waals surface area contributed by atoms with Crippen LogP contribution in [0.15, 0.2) is 12.3 Å². The molecule has 2 saturated heterocycles. The first-order valence-corrected chi connectivity index (χ1v) is 5.44. The molecule has 0 N–H and O–H groups in total. The molecule has 0 amide bonds. The fourth-order valence-corrected chi connectivity index (χ4v) is 3.07. The lowest BCUT2D eigenvalue weighted by atomic mass is 9.76. The second-order valence-electron chi connectivity index (χ2n) is 5.63. The van der Waals surface area contributed by atoms with E-state index in [0.29, 0.717) is 5.41 Å². The summed E-state index contributed by atoms with van der Waals surface area (Å²) < 4.78 is 0. The van der Waals surface area contributed by atoms with Crippen LogP contribution in [-0.2, 0) is 0 Å². The first kappa shape index (κ1) is 9.11. The molecule has 1 heteroatoms. The van der Waals surface area contributed by atoms with Crippen molar-refractivity contribution >= 4 is 0 Å². The van der Waals surface area contributed by atoms with Crippen molar-refractivity contribution in [1.29, 1.82) is 0 Å². The molecule has 2 atom stereocenters. The van der Waals surface area contributed by atoms with Gasteiger partial charge in [-0.05, 0) is 30.6 Å². The molecule has 2 unspecified atom stereocenters. The smallest absolute Gasteiger partial charge is 0.0324 e. The van der Waals surface area contributed by atoms with Gasteiger partial charge in [0.15, 0.2) is 0 Å². The third-order valence-electron chi connectivity index (χ3n) is 3.79. The Bertz CT molecular complexity index is 224. The van der Waals surface area contributed by atoms with Gasteiger partial charge >= 0.3 is 0 Å². The van der Waals surface area contributed by atoms with E-state index in [2.05, 4.69) is 32.3 Å². The highest BCUT2D eigenvalue weighted by Gasteiger charge is 2.43. The zero-order valence-electron chi connectivity index (χ0n) is 9.14. The Morgan fingerprint density at radius 1 is 1.31 bits per heavy atom. The molecule has 0 saturated carbocycles. The van der Waals surface area contributed by atoms with Gasteiger partial charge in [-0.1, -0.05) is 27.4 Å². The maximum Gasteiger partial charge on any atom is 0.0324 e. The topological polar surface area (TPSA) is 3.24 Å². The molecule has 2 fully saturated rings. The van der Waals surface area contributed by atoms with E-state index < -0.39 is 0 Å². The van der Waals surface area contributed by atoms with Crippen LogP contribution in [0.25, 0.3) is 0 Å². The lowest BCUT2D eigenvalue weighted by Crippen LogP contribution is -2.32. The molecule has 0 aromatic rings. The summed E-state index contributed by atoms with van der Waals surface area (Å²) in [6, 6.07) is 0.812. The van der Waals surface area contributed by atoms with Crippen LogP contribution in [-0.4, -0.2) is 17.5 Å². The van der Waals surface area contributed by atoms with Crippen LogP contribution in [0.1, 0.15) is 40.0 Å². The summed E-state index contributed by atoms with van der Waals surface area (Å²) in [4.78, 5) is 2.55. The summed E-state index contributed by atoms with van der Waals surface area (Å²) in [5.74, 6) is 0.881. The summed E-state index contributed by atoms with van der Waals surface area (Å²) in [5, 5.41) is 0. The third-order valence-corrected chi connectivity index (χ3v) is 3.79. The number of hydrogen-bond acceptors (Lipinski definition) is 1. The highest BCUT2D eigenvalue weighted by atomic mass is 15.2. The van der Waals surface area contributed by atoms with Gasteiger partial charge in [0.25, 0.3) is 0 Å². The number of rotatable bonds is 0. The average Bonchev–Trinajstić information content (AvgIpc) is 2.51. The Hall–Kier alpha value is -0.460. The number of allylic oxidation sites excluding steroid dienone is 1. The number of fused-ring (bicyclic) bond motifs is 1. The van der Waals surface area contributed by atoms with Crippen LogP contribution < -0.4 is 0 Å². The van der Waals surface area contributed by atoms with E-state index in [-0.39, 0.29) is 0 Å². The predicted molar refractivity (Wildman–Crippen MR) is 56.4 cm³/mol. The van der Waals surface area contributed by atoms with Crippen molar-refractivity contribution < 1.29 is 0 Å². The molecule has 1 nitrogen and oxygen atoms in total. The zero-order chi connectivity index (χ0) is 9.64. The zero-order valence-corrected chi connectivity index (χ0v) is 9.14. The first-order chi connectivity index (χ1) is 6.00.